The van der Waals surface area contributed by atoms with Gasteiger partial charge in [0.2, 0.25) is 0 Å². The number of anilines is 2. The average Bonchev–Trinajstić information content (AvgIpc) is 2.45. The molecule has 0 aromatic heterocycles. The Bertz CT molecular complexity index is 697. The van der Waals surface area contributed by atoms with Gasteiger partial charge >= 0.3 is 0 Å². The van der Waals surface area contributed by atoms with E-state index in [2.05, 4.69) is 17.4 Å². The smallest absolute Gasteiger partial charge is 0.175 e. The van der Waals surface area contributed by atoms with Crippen LogP contribution in [0.3, 0.4) is 0 Å². The Morgan fingerprint density at radius 1 is 1.10 bits per heavy atom. The van der Waals surface area contributed by atoms with Gasteiger partial charge in [0, 0.05) is 12.8 Å². The van der Waals surface area contributed by atoms with Crippen LogP contribution in [0.25, 0.3) is 0 Å². The molecule has 112 valence electrons. The summed E-state index contributed by atoms with van der Waals surface area (Å²) in [5.74, 6) is 0. The second-order valence-electron chi connectivity index (χ2n) is 5.04. The van der Waals surface area contributed by atoms with E-state index in [4.69, 9.17) is 5.73 Å². The first-order valence-electron chi connectivity index (χ1n) is 6.84. The molecule has 0 saturated carbocycles. The number of hydrogen-bond acceptors (Lipinski definition) is 4. The fourth-order valence-electron chi connectivity index (χ4n) is 2.09. The number of nitrogens with two attached hydrogens (primary N) is 1. The fraction of sp³-hybridized carbons (Fsp3) is 0.250. The van der Waals surface area contributed by atoms with Crippen LogP contribution in [0.2, 0.25) is 0 Å². The molecule has 2 aromatic carbocycles. The lowest BCUT2D eigenvalue weighted by atomic mass is 10.1. The fourth-order valence-corrected chi connectivity index (χ4v) is 2.75. The highest BCUT2D eigenvalue weighted by atomic mass is 32.2. The first kappa shape index (κ1) is 15.4. The zero-order chi connectivity index (χ0) is 15.3. The monoisotopic (exact) mass is 304 g/mol. The summed E-state index contributed by atoms with van der Waals surface area (Å²) in [5, 5.41) is 3.24. The second kappa shape index (κ2) is 6.63. The Labute approximate surface area is 125 Å². The summed E-state index contributed by atoms with van der Waals surface area (Å²) in [4.78, 5) is 0.245. The van der Waals surface area contributed by atoms with E-state index in [-0.39, 0.29) is 4.90 Å². The molecular formula is C16H20N2O2S. The van der Waals surface area contributed by atoms with Crippen molar-refractivity contribution in [1.82, 2.24) is 0 Å². The highest BCUT2D eigenvalue weighted by Crippen LogP contribution is 2.22. The van der Waals surface area contributed by atoms with Crippen molar-refractivity contribution in [3.8, 4) is 0 Å². The van der Waals surface area contributed by atoms with Crippen LogP contribution in [0.1, 0.15) is 12.0 Å². The van der Waals surface area contributed by atoms with E-state index in [1.54, 1.807) is 12.1 Å². The number of hydrogen-bond donors (Lipinski definition) is 2. The predicted molar refractivity (Wildman–Crippen MR) is 87.2 cm³/mol. The molecule has 0 spiro atoms. The molecule has 2 aromatic rings. The molecule has 0 amide bonds. The molecule has 0 radical (unpaired) electrons. The van der Waals surface area contributed by atoms with Gasteiger partial charge in [-0.3, -0.25) is 0 Å². The van der Waals surface area contributed by atoms with Crippen molar-refractivity contribution < 1.29 is 8.42 Å². The number of sulfone groups is 1. The SMILES string of the molecule is CS(=O)(=O)c1ccc(NCCCc2ccccc2)c(N)c1. The predicted octanol–water partition coefficient (Wildman–Crippen LogP) is 2.72. The minimum Gasteiger partial charge on any atom is -0.397 e. The molecule has 0 heterocycles. The second-order valence-corrected chi connectivity index (χ2v) is 7.05. The number of aryl methyl sites for hydroxylation is 1. The molecule has 0 aliphatic carbocycles. The van der Waals surface area contributed by atoms with Gasteiger partial charge in [-0.1, -0.05) is 30.3 Å². The van der Waals surface area contributed by atoms with Gasteiger partial charge in [-0.05, 0) is 36.6 Å². The molecule has 21 heavy (non-hydrogen) atoms. The molecular weight excluding hydrogens is 284 g/mol. The molecule has 4 nitrogen and oxygen atoms in total. The molecule has 0 atom stereocenters. The lowest BCUT2D eigenvalue weighted by Crippen LogP contribution is -2.06. The standard InChI is InChI=1S/C16H20N2O2S/c1-21(19,20)14-9-10-16(15(17)12-14)18-11-5-8-13-6-3-2-4-7-13/h2-4,6-7,9-10,12,18H,5,8,11,17H2,1H3. The summed E-state index contributed by atoms with van der Waals surface area (Å²) in [6, 6.07) is 15.1. The molecule has 2 rings (SSSR count). The minimum atomic E-state index is -3.21. The molecule has 0 fully saturated rings. The maximum absolute atomic E-state index is 11.4. The largest absolute Gasteiger partial charge is 0.397 e. The molecule has 0 saturated heterocycles. The Morgan fingerprint density at radius 3 is 2.43 bits per heavy atom. The van der Waals surface area contributed by atoms with Crippen LogP contribution in [-0.2, 0) is 16.3 Å². The van der Waals surface area contributed by atoms with Crippen molar-refractivity contribution in [3.05, 3.63) is 54.1 Å². The quantitative estimate of drug-likeness (QED) is 0.636. The lowest BCUT2D eigenvalue weighted by Gasteiger charge is -2.10. The van der Waals surface area contributed by atoms with Crippen molar-refractivity contribution >= 4 is 21.2 Å². The van der Waals surface area contributed by atoms with Crippen molar-refractivity contribution in [1.29, 1.82) is 0 Å². The van der Waals surface area contributed by atoms with Gasteiger partial charge in [-0.15, -0.1) is 0 Å². The van der Waals surface area contributed by atoms with E-state index in [9.17, 15) is 8.42 Å². The normalized spacial score (nSPS) is 11.3. The van der Waals surface area contributed by atoms with Crippen LogP contribution in [0.4, 0.5) is 11.4 Å². The number of nitrogens with one attached hydrogen (secondary N) is 1. The van der Waals surface area contributed by atoms with Gasteiger partial charge in [-0.2, -0.15) is 0 Å². The van der Waals surface area contributed by atoms with Crippen molar-refractivity contribution in [2.45, 2.75) is 17.7 Å². The molecule has 3 N–H and O–H groups in total. The van der Waals surface area contributed by atoms with Crippen molar-refractivity contribution in [2.75, 3.05) is 23.9 Å². The maximum atomic E-state index is 11.4. The Balaban J connectivity index is 1.89. The lowest BCUT2D eigenvalue weighted by molar-refractivity contribution is 0.602. The number of nitrogen functional groups attached to an aromatic ring is 1. The molecule has 0 unspecified atom stereocenters. The Morgan fingerprint density at radius 2 is 1.81 bits per heavy atom. The van der Waals surface area contributed by atoms with Gasteiger partial charge in [0.25, 0.3) is 0 Å². The highest BCUT2D eigenvalue weighted by molar-refractivity contribution is 7.90. The summed E-state index contributed by atoms with van der Waals surface area (Å²) in [6.45, 7) is 0.789. The van der Waals surface area contributed by atoms with Gasteiger partial charge < -0.3 is 11.1 Å². The minimum absolute atomic E-state index is 0.245. The average molecular weight is 304 g/mol. The van der Waals surface area contributed by atoms with E-state index >= 15 is 0 Å². The zero-order valence-electron chi connectivity index (χ0n) is 12.0. The van der Waals surface area contributed by atoms with Gasteiger partial charge in [0.1, 0.15) is 0 Å². The summed E-state index contributed by atoms with van der Waals surface area (Å²) in [6.07, 6.45) is 3.15. The van der Waals surface area contributed by atoms with E-state index in [0.717, 1.165) is 25.1 Å². The van der Waals surface area contributed by atoms with Crippen LogP contribution in [0, 0.1) is 0 Å². The van der Waals surface area contributed by atoms with Gasteiger partial charge in [0.15, 0.2) is 9.84 Å². The summed E-state index contributed by atoms with van der Waals surface area (Å²) >= 11 is 0. The summed E-state index contributed by atoms with van der Waals surface area (Å²) in [5.41, 5.74) is 8.42. The molecule has 0 aliphatic heterocycles. The van der Waals surface area contributed by atoms with Crippen LogP contribution in [0.5, 0.6) is 0 Å². The third-order valence-electron chi connectivity index (χ3n) is 3.25. The van der Waals surface area contributed by atoms with E-state index < -0.39 is 9.84 Å². The topological polar surface area (TPSA) is 72.2 Å². The van der Waals surface area contributed by atoms with Gasteiger partial charge in [-0.25, -0.2) is 8.42 Å². The highest BCUT2D eigenvalue weighted by Gasteiger charge is 2.09. The van der Waals surface area contributed by atoms with E-state index in [0.29, 0.717) is 5.69 Å². The van der Waals surface area contributed by atoms with Crippen LogP contribution >= 0.6 is 0 Å². The molecule has 5 heteroatoms. The summed E-state index contributed by atoms with van der Waals surface area (Å²) < 4.78 is 22.9. The van der Waals surface area contributed by atoms with E-state index in [1.807, 2.05) is 18.2 Å². The molecule has 0 bridgehead atoms. The van der Waals surface area contributed by atoms with Crippen LogP contribution in [0.15, 0.2) is 53.4 Å². The first-order valence-corrected chi connectivity index (χ1v) is 8.73. The number of benzene rings is 2. The third-order valence-corrected chi connectivity index (χ3v) is 4.36. The van der Waals surface area contributed by atoms with Crippen molar-refractivity contribution in [3.63, 3.8) is 0 Å². The van der Waals surface area contributed by atoms with Crippen LogP contribution in [-0.4, -0.2) is 21.2 Å². The van der Waals surface area contributed by atoms with Crippen molar-refractivity contribution in [2.24, 2.45) is 0 Å². The maximum Gasteiger partial charge on any atom is 0.175 e. The van der Waals surface area contributed by atoms with Crippen LogP contribution < -0.4 is 11.1 Å². The van der Waals surface area contributed by atoms with E-state index in [1.165, 1.54) is 17.9 Å². The Kier molecular flexibility index (Phi) is 4.85. The summed E-state index contributed by atoms with van der Waals surface area (Å²) in [7, 11) is -3.21. The number of rotatable bonds is 6. The van der Waals surface area contributed by atoms with Gasteiger partial charge in [0.05, 0.1) is 16.3 Å². The Hall–Kier alpha value is -2.01. The zero-order valence-corrected chi connectivity index (χ0v) is 12.9. The molecule has 0 aliphatic rings. The third kappa shape index (κ3) is 4.49. The first-order chi connectivity index (χ1) is 9.97.